The van der Waals surface area contributed by atoms with E-state index in [1.165, 1.54) is 4.90 Å². The number of ketones is 1. The van der Waals surface area contributed by atoms with Gasteiger partial charge in [0, 0.05) is 23.7 Å². The Morgan fingerprint density at radius 2 is 1.59 bits per heavy atom. The summed E-state index contributed by atoms with van der Waals surface area (Å²) in [6.07, 6.45) is -0.806. The van der Waals surface area contributed by atoms with Crippen molar-refractivity contribution < 1.29 is 31.9 Å². The fraction of sp³-hybridized carbons (Fsp3) is 0.560. The van der Waals surface area contributed by atoms with Gasteiger partial charge in [-0.2, -0.15) is 13.2 Å². The van der Waals surface area contributed by atoms with Crippen LogP contribution in [0.4, 0.5) is 17.6 Å². The fourth-order valence-corrected chi connectivity index (χ4v) is 5.53. The number of allylic oxidation sites excluding steroid dienone is 1. The molecular weight excluding hydrogens is 452 g/mol. The quantitative estimate of drug-likeness (QED) is 0.486. The normalized spacial score (nSPS) is 25.9. The van der Waals surface area contributed by atoms with Crippen LogP contribution in [0.5, 0.6) is 0 Å². The van der Waals surface area contributed by atoms with E-state index >= 15 is 0 Å². The molecule has 34 heavy (non-hydrogen) atoms. The summed E-state index contributed by atoms with van der Waals surface area (Å²) in [5.74, 6) is -3.96. The van der Waals surface area contributed by atoms with E-state index in [2.05, 4.69) is 0 Å². The summed E-state index contributed by atoms with van der Waals surface area (Å²) in [7, 11) is 0. The third-order valence-electron chi connectivity index (χ3n) is 7.08. The Morgan fingerprint density at radius 3 is 2.15 bits per heavy atom. The number of hydrogen-bond acceptors (Lipinski definition) is 3. The molecule has 1 saturated carbocycles. The van der Waals surface area contributed by atoms with Crippen molar-refractivity contribution in [3.63, 3.8) is 0 Å². The van der Waals surface area contributed by atoms with Crippen molar-refractivity contribution in [3.05, 3.63) is 46.9 Å². The van der Waals surface area contributed by atoms with E-state index in [1.54, 1.807) is 13.8 Å². The van der Waals surface area contributed by atoms with Crippen LogP contribution in [0.2, 0.25) is 0 Å². The minimum Gasteiger partial charge on any atom is -0.326 e. The van der Waals surface area contributed by atoms with Gasteiger partial charge in [-0.25, -0.2) is 4.39 Å². The summed E-state index contributed by atoms with van der Waals surface area (Å²) < 4.78 is 57.9. The van der Waals surface area contributed by atoms with E-state index in [1.807, 2.05) is 5.32 Å². The highest BCUT2D eigenvalue weighted by atomic mass is 19.4. The Bertz CT molecular complexity index is 1040. The second kappa shape index (κ2) is 8.50. The number of Topliss-reactive ketones (excluding diaryl/α,β-unsaturated/α-hetero) is 1. The van der Waals surface area contributed by atoms with Gasteiger partial charge in [0.15, 0.2) is 5.78 Å². The average Bonchev–Trinajstić information content (AvgIpc) is 2.88. The molecule has 1 atom stereocenters. The zero-order chi connectivity index (χ0) is 24.9. The van der Waals surface area contributed by atoms with Gasteiger partial charge in [0.2, 0.25) is 5.54 Å². The van der Waals surface area contributed by atoms with E-state index in [-0.39, 0.29) is 24.1 Å². The molecule has 4 rings (SSSR count). The van der Waals surface area contributed by atoms with E-state index in [9.17, 15) is 31.9 Å². The zero-order valence-electron chi connectivity index (χ0n) is 19.2. The lowest BCUT2D eigenvalue weighted by Crippen LogP contribution is -2.66. The molecule has 3 aliphatic rings. The molecule has 1 N–H and O–H groups in total. The maximum absolute atomic E-state index is 14.9. The Kier molecular flexibility index (Phi) is 6.10. The number of halogens is 4. The monoisotopic (exact) mass is 480 g/mol. The molecule has 0 spiro atoms. The molecule has 0 bridgehead atoms. The number of amides is 2. The molecule has 1 aliphatic heterocycles. The highest BCUT2D eigenvalue weighted by Gasteiger charge is 2.72. The number of nitrogens with zero attached hydrogens (tertiary/aromatic N) is 1. The van der Waals surface area contributed by atoms with Crippen molar-refractivity contribution in [2.45, 2.75) is 83.0 Å². The first-order valence-corrected chi connectivity index (χ1v) is 11.6. The largest absolute Gasteiger partial charge is 0.425 e. The molecule has 0 saturated heterocycles. The van der Waals surface area contributed by atoms with Crippen LogP contribution in [0, 0.1) is 11.2 Å². The first-order chi connectivity index (χ1) is 15.9. The first-order valence-electron chi connectivity index (χ1n) is 11.6. The van der Waals surface area contributed by atoms with Crippen LogP contribution in [-0.2, 0) is 9.59 Å². The number of hydrogen-bond donors (Lipinski definition) is 1. The summed E-state index contributed by atoms with van der Waals surface area (Å²) in [4.78, 5) is 41.1. The smallest absolute Gasteiger partial charge is 0.326 e. The Morgan fingerprint density at radius 1 is 1.00 bits per heavy atom. The molecule has 2 amide bonds. The van der Waals surface area contributed by atoms with Crippen LogP contribution in [0.15, 0.2) is 35.5 Å². The van der Waals surface area contributed by atoms with Gasteiger partial charge in [-0.1, -0.05) is 39.5 Å². The van der Waals surface area contributed by atoms with Gasteiger partial charge in [-0.05, 0) is 48.9 Å². The van der Waals surface area contributed by atoms with Gasteiger partial charge in [0.1, 0.15) is 5.82 Å². The van der Waals surface area contributed by atoms with Gasteiger partial charge in [-0.15, -0.1) is 0 Å². The van der Waals surface area contributed by atoms with Crippen molar-refractivity contribution in [2.24, 2.45) is 5.41 Å². The van der Waals surface area contributed by atoms with E-state index < -0.39 is 52.2 Å². The fourth-order valence-electron chi connectivity index (χ4n) is 5.53. The number of alkyl halides is 3. The summed E-state index contributed by atoms with van der Waals surface area (Å²) in [6.45, 7) is 3.57. The lowest BCUT2D eigenvalue weighted by molar-refractivity contribution is -0.191. The highest BCUT2D eigenvalue weighted by molar-refractivity contribution is 6.14. The average molecular weight is 481 g/mol. The van der Waals surface area contributed by atoms with E-state index in [0.29, 0.717) is 12.8 Å². The summed E-state index contributed by atoms with van der Waals surface area (Å²) in [6, 6.07) is 3.51. The predicted octanol–water partition coefficient (Wildman–Crippen LogP) is 5.06. The molecule has 0 radical (unpaired) electrons. The third-order valence-corrected chi connectivity index (χ3v) is 7.08. The third kappa shape index (κ3) is 4.03. The maximum Gasteiger partial charge on any atom is 0.425 e. The van der Waals surface area contributed by atoms with Crippen LogP contribution < -0.4 is 5.32 Å². The van der Waals surface area contributed by atoms with Crippen LogP contribution in [0.1, 0.15) is 75.6 Å². The molecule has 1 aromatic rings. The molecule has 0 unspecified atom stereocenters. The van der Waals surface area contributed by atoms with Crippen LogP contribution >= 0.6 is 0 Å². The minimum atomic E-state index is -5.25. The molecule has 2 aliphatic carbocycles. The van der Waals surface area contributed by atoms with E-state index in [0.717, 1.165) is 49.9 Å². The number of rotatable bonds is 3. The van der Waals surface area contributed by atoms with Gasteiger partial charge >= 0.3 is 6.18 Å². The van der Waals surface area contributed by atoms with Gasteiger partial charge in [0.25, 0.3) is 11.8 Å². The molecule has 1 heterocycles. The number of benzene rings is 1. The first kappa shape index (κ1) is 24.4. The second-order valence-corrected chi connectivity index (χ2v) is 10.3. The van der Waals surface area contributed by atoms with Gasteiger partial charge in [0.05, 0.1) is 5.57 Å². The summed E-state index contributed by atoms with van der Waals surface area (Å²) >= 11 is 0. The topological polar surface area (TPSA) is 66.5 Å². The molecule has 5 nitrogen and oxygen atoms in total. The van der Waals surface area contributed by atoms with Crippen molar-refractivity contribution in [1.29, 1.82) is 0 Å². The zero-order valence-corrected chi connectivity index (χ0v) is 19.2. The highest BCUT2D eigenvalue weighted by Crippen LogP contribution is 2.53. The molecule has 184 valence electrons. The molecule has 1 fully saturated rings. The maximum atomic E-state index is 14.9. The predicted molar refractivity (Wildman–Crippen MR) is 116 cm³/mol. The lowest BCUT2D eigenvalue weighted by atomic mass is 9.72. The van der Waals surface area contributed by atoms with Crippen LogP contribution in [0.25, 0.3) is 0 Å². The van der Waals surface area contributed by atoms with Crippen molar-refractivity contribution in [1.82, 2.24) is 10.2 Å². The van der Waals surface area contributed by atoms with Crippen LogP contribution in [-0.4, -0.2) is 40.3 Å². The lowest BCUT2D eigenvalue weighted by Gasteiger charge is -2.36. The van der Waals surface area contributed by atoms with Gasteiger partial charge < -0.3 is 10.2 Å². The van der Waals surface area contributed by atoms with E-state index in [4.69, 9.17) is 0 Å². The molecule has 1 aromatic carbocycles. The van der Waals surface area contributed by atoms with Crippen molar-refractivity contribution in [3.8, 4) is 0 Å². The minimum absolute atomic E-state index is 0.0786. The second-order valence-electron chi connectivity index (χ2n) is 10.3. The summed E-state index contributed by atoms with van der Waals surface area (Å²) in [5, 5.41) is 1.90. The van der Waals surface area contributed by atoms with Crippen LogP contribution in [0.3, 0.4) is 0 Å². The molecule has 9 heteroatoms. The van der Waals surface area contributed by atoms with Gasteiger partial charge in [-0.3, -0.25) is 14.4 Å². The number of carbonyl (C=O) groups is 3. The standard InChI is InChI=1S/C25H28F4N2O3/c1-23(2)13-18-20(19(32)14-23)24(25(27,28)29,30-21(33)15-9-11-16(26)12-10-15)22(34)31(18)17-7-5-3-4-6-8-17/h9-12,17H,3-8,13-14H2,1-2H3,(H,30,33)/t24-/m1/s1. The Labute approximate surface area is 195 Å². The number of nitrogens with one attached hydrogen (secondary N) is 1. The SMILES string of the molecule is CC1(C)CC(=O)C2=C(C1)N(C1CCCCCC1)C(=O)[C@@]2(NC(=O)c1ccc(F)cc1)C(F)(F)F. The Hall–Kier alpha value is -2.71. The number of carbonyl (C=O) groups excluding carboxylic acids is 3. The Balaban J connectivity index is 1.86. The van der Waals surface area contributed by atoms with Crippen molar-refractivity contribution >= 4 is 17.6 Å². The molecular formula is C25H28F4N2O3. The summed E-state index contributed by atoms with van der Waals surface area (Å²) in [5.41, 5.74) is -4.91. The van der Waals surface area contributed by atoms with Crippen molar-refractivity contribution in [2.75, 3.05) is 0 Å². The molecule has 0 aromatic heterocycles.